The first-order valence-corrected chi connectivity index (χ1v) is 6.86. The van der Waals surface area contributed by atoms with Gasteiger partial charge in [-0.2, -0.15) is 0 Å². The summed E-state index contributed by atoms with van der Waals surface area (Å²) in [6.07, 6.45) is 1.78. The number of carbonyl (C=O) groups excluding carboxylic acids is 1. The molecule has 0 spiro atoms. The normalized spacial score (nSPS) is 22.1. The Morgan fingerprint density at radius 2 is 2.15 bits per heavy atom. The maximum Gasteiger partial charge on any atom is 0.236 e. The summed E-state index contributed by atoms with van der Waals surface area (Å²) >= 11 is 0. The highest BCUT2D eigenvalue weighted by Crippen LogP contribution is 2.36. The first kappa shape index (κ1) is 14.7. The van der Waals surface area contributed by atoms with Gasteiger partial charge in [-0.25, -0.2) is 0 Å². The van der Waals surface area contributed by atoms with Crippen molar-refractivity contribution in [2.45, 2.75) is 24.8 Å². The van der Waals surface area contributed by atoms with Gasteiger partial charge < -0.3 is 20.1 Å². The molecule has 1 aromatic rings. The topological polar surface area (TPSA) is 59.6 Å². The Bertz CT molecular complexity index is 476. The molecular weight excluding hydrogens is 256 g/mol. The van der Waals surface area contributed by atoms with Crippen LogP contribution in [0.1, 0.15) is 24.3 Å². The maximum absolute atomic E-state index is 11.8. The number of hydrogen-bond donors (Lipinski definition) is 2. The zero-order valence-corrected chi connectivity index (χ0v) is 12.2. The Balaban J connectivity index is 2.20. The number of hydrogen-bond acceptors (Lipinski definition) is 4. The van der Waals surface area contributed by atoms with Gasteiger partial charge in [-0.05, 0) is 36.9 Å². The van der Waals surface area contributed by atoms with Crippen molar-refractivity contribution >= 4 is 5.91 Å². The van der Waals surface area contributed by atoms with Crippen molar-refractivity contribution in [2.24, 2.45) is 0 Å². The SMILES string of the molecule is CNC(=O)C1CC(c2ccc(OC)cc2OC)CCN1. The number of carbonyl (C=O) groups is 1. The molecule has 0 aromatic heterocycles. The number of piperidine rings is 1. The van der Waals surface area contributed by atoms with Crippen molar-refractivity contribution in [2.75, 3.05) is 27.8 Å². The molecule has 5 heteroatoms. The zero-order chi connectivity index (χ0) is 14.5. The summed E-state index contributed by atoms with van der Waals surface area (Å²) in [5, 5.41) is 5.95. The summed E-state index contributed by atoms with van der Waals surface area (Å²) in [5.74, 6) is 1.97. The van der Waals surface area contributed by atoms with E-state index in [1.54, 1.807) is 21.3 Å². The van der Waals surface area contributed by atoms with Crippen LogP contribution in [0.4, 0.5) is 0 Å². The second-order valence-electron chi connectivity index (χ2n) is 4.95. The molecule has 1 fully saturated rings. The van der Waals surface area contributed by atoms with Crippen molar-refractivity contribution < 1.29 is 14.3 Å². The fraction of sp³-hybridized carbons (Fsp3) is 0.533. The van der Waals surface area contributed by atoms with E-state index >= 15 is 0 Å². The minimum Gasteiger partial charge on any atom is -0.497 e. The second-order valence-corrected chi connectivity index (χ2v) is 4.95. The van der Waals surface area contributed by atoms with Gasteiger partial charge in [0.05, 0.1) is 20.3 Å². The smallest absolute Gasteiger partial charge is 0.236 e. The molecule has 0 aliphatic carbocycles. The summed E-state index contributed by atoms with van der Waals surface area (Å²) in [7, 11) is 4.97. The molecule has 2 atom stereocenters. The monoisotopic (exact) mass is 278 g/mol. The summed E-state index contributed by atoms with van der Waals surface area (Å²) in [6.45, 7) is 0.831. The molecule has 2 rings (SSSR count). The van der Waals surface area contributed by atoms with Crippen LogP contribution in [0.3, 0.4) is 0 Å². The fourth-order valence-electron chi connectivity index (χ4n) is 2.73. The Hall–Kier alpha value is -1.75. The molecule has 2 unspecified atom stereocenters. The van der Waals surface area contributed by atoms with Crippen LogP contribution in [0.15, 0.2) is 18.2 Å². The number of nitrogens with one attached hydrogen (secondary N) is 2. The lowest BCUT2D eigenvalue weighted by molar-refractivity contribution is -0.123. The van der Waals surface area contributed by atoms with Crippen LogP contribution in [-0.2, 0) is 4.79 Å². The maximum atomic E-state index is 11.8. The molecule has 2 N–H and O–H groups in total. The molecule has 110 valence electrons. The molecular formula is C15H22N2O3. The zero-order valence-electron chi connectivity index (χ0n) is 12.2. The molecule has 0 radical (unpaired) electrons. The van der Waals surface area contributed by atoms with Gasteiger partial charge in [-0.3, -0.25) is 4.79 Å². The van der Waals surface area contributed by atoms with Gasteiger partial charge >= 0.3 is 0 Å². The van der Waals surface area contributed by atoms with E-state index in [4.69, 9.17) is 9.47 Å². The van der Waals surface area contributed by atoms with E-state index in [9.17, 15) is 4.79 Å². The number of rotatable bonds is 4. The Kier molecular flexibility index (Phi) is 4.84. The number of benzene rings is 1. The molecule has 5 nitrogen and oxygen atoms in total. The third kappa shape index (κ3) is 3.04. The van der Waals surface area contributed by atoms with Crippen LogP contribution in [0.5, 0.6) is 11.5 Å². The largest absolute Gasteiger partial charge is 0.497 e. The lowest BCUT2D eigenvalue weighted by atomic mass is 9.85. The van der Waals surface area contributed by atoms with Gasteiger partial charge in [0.25, 0.3) is 0 Å². The van der Waals surface area contributed by atoms with E-state index in [1.807, 2.05) is 18.2 Å². The van der Waals surface area contributed by atoms with Crippen molar-refractivity contribution in [3.63, 3.8) is 0 Å². The molecule has 0 bridgehead atoms. The lowest BCUT2D eigenvalue weighted by Crippen LogP contribution is -2.47. The van der Waals surface area contributed by atoms with Crippen LogP contribution in [0, 0.1) is 0 Å². The second kappa shape index (κ2) is 6.61. The van der Waals surface area contributed by atoms with Crippen LogP contribution in [0.2, 0.25) is 0 Å². The minimum atomic E-state index is -0.134. The van der Waals surface area contributed by atoms with E-state index in [1.165, 1.54) is 0 Å². The molecule has 1 saturated heterocycles. The average molecular weight is 278 g/mol. The predicted molar refractivity (Wildman–Crippen MR) is 77.4 cm³/mol. The number of likely N-dealkylation sites (N-methyl/N-ethyl adjacent to an activating group) is 1. The summed E-state index contributed by atoms with van der Waals surface area (Å²) in [5.41, 5.74) is 1.14. The number of amides is 1. The fourth-order valence-corrected chi connectivity index (χ4v) is 2.73. The number of ether oxygens (including phenoxy) is 2. The van der Waals surface area contributed by atoms with Gasteiger partial charge in [0.1, 0.15) is 11.5 Å². The quantitative estimate of drug-likeness (QED) is 0.871. The minimum absolute atomic E-state index is 0.0437. The van der Waals surface area contributed by atoms with E-state index < -0.39 is 0 Å². The van der Waals surface area contributed by atoms with Gasteiger partial charge in [-0.15, -0.1) is 0 Å². The van der Waals surface area contributed by atoms with Crippen molar-refractivity contribution in [3.05, 3.63) is 23.8 Å². The summed E-state index contributed by atoms with van der Waals surface area (Å²) < 4.78 is 10.7. The van der Waals surface area contributed by atoms with Crippen LogP contribution in [0.25, 0.3) is 0 Å². The van der Waals surface area contributed by atoms with Gasteiger partial charge in [0, 0.05) is 13.1 Å². The summed E-state index contributed by atoms with van der Waals surface area (Å²) in [6, 6.07) is 5.74. The van der Waals surface area contributed by atoms with Crippen LogP contribution >= 0.6 is 0 Å². The Morgan fingerprint density at radius 3 is 2.80 bits per heavy atom. The van der Waals surface area contributed by atoms with E-state index in [0.29, 0.717) is 5.92 Å². The Morgan fingerprint density at radius 1 is 1.35 bits per heavy atom. The first-order valence-electron chi connectivity index (χ1n) is 6.86. The Labute approximate surface area is 119 Å². The van der Waals surface area contributed by atoms with Crippen molar-refractivity contribution in [1.82, 2.24) is 10.6 Å². The molecule has 1 aliphatic heterocycles. The van der Waals surface area contributed by atoms with Crippen molar-refractivity contribution in [1.29, 1.82) is 0 Å². The molecule has 1 heterocycles. The average Bonchev–Trinajstić information content (AvgIpc) is 2.53. The van der Waals surface area contributed by atoms with E-state index in [2.05, 4.69) is 10.6 Å². The highest BCUT2D eigenvalue weighted by molar-refractivity contribution is 5.81. The first-order chi connectivity index (χ1) is 9.69. The van der Waals surface area contributed by atoms with E-state index in [0.717, 1.165) is 36.4 Å². The highest BCUT2D eigenvalue weighted by atomic mass is 16.5. The third-order valence-corrected chi connectivity index (χ3v) is 3.85. The van der Waals surface area contributed by atoms with Crippen LogP contribution in [-0.4, -0.2) is 39.8 Å². The predicted octanol–water partition coefficient (Wildman–Crippen LogP) is 1.29. The van der Waals surface area contributed by atoms with Crippen LogP contribution < -0.4 is 20.1 Å². The number of methoxy groups -OCH3 is 2. The highest BCUT2D eigenvalue weighted by Gasteiger charge is 2.28. The summed E-state index contributed by atoms with van der Waals surface area (Å²) in [4.78, 5) is 11.8. The molecule has 0 saturated carbocycles. The molecule has 20 heavy (non-hydrogen) atoms. The van der Waals surface area contributed by atoms with Gasteiger partial charge in [0.2, 0.25) is 5.91 Å². The van der Waals surface area contributed by atoms with Gasteiger partial charge in [-0.1, -0.05) is 6.07 Å². The molecule has 1 aromatic carbocycles. The lowest BCUT2D eigenvalue weighted by Gasteiger charge is -2.30. The molecule has 1 aliphatic rings. The standard InChI is InChI=1S/C15H22N2O3/c1-16-15(18)13-8-10(6-7-17-13)12-5-4-11(19-2)9-14(12)20-3/h4-5,9-10,13,17H,6-8H2,1-3H3,(H,16,18). The third-order valence-electron chi connectivity index (χ3n) is 3.85. The van der Waals surface area contributed by atoms with E-state index in [-0.39, 0.29) is 11.9 Å². The molecule has 1 amide bonds. The van der Waals surface area contributed by atoms with Gasteiger partial charge in [0.15, 0.2) is 0 Å². The van der Waals surface area contributed by atoms with Crippen molar-refractivity contribution in [3.8, 4) is 11.5 Å².